The van der Waals surface area contributed by atoms with E-state index < -0.39 is 29.0 Å². The van der Waals surface area contributed by atoms with Crippen molar-refractivity contribution in [2.24, 2.45) is 0 Å². The van der Waals surface area contributed by atoms with Crippen LogP contribution < -0.4 is 10.1 Å². The lowest BCUT2D eigenvalue weighted by Crippen LogP contribution is -2.31. The van der Waals surface area contributed by atoms with Gasteiger partial charge in [0.25, 0.3) is 11.6 Å². The van der Waals surface area contributed by atoms with Crippen LogP contribution in [0.15, 0.2) is 42.5 Å². The summed E-state index contributed by atoms with van der Waals surface area (Å²) in [7, 11) is 0. The number of nitrogens with zero attached hydrogens (tertiary/aromatic N) is 1. The van der Waals surface area contributed by atoms with Gasteiger partial charge in [-0.25, -0.2) is 0 Å². The summed E-state index contributed by atoms with van der Waals surface area (Å²) in [6.07, 6.45) is 0. The largest absolute Gasteiger partial charge is 0.490 e. The fraction of sp³-hybridized carbons (Fsp3) is 0.176. The molecule has 142 valence electrons. The molecule has 27 heavy (non-hydrogen) atoms. The predicted molar refractivity (Wildman–Crippen MR) is 98.3 cm³/mol. The minimum atomic E-state index is -0.700. The van der Waals surface area contributed by atoms with Gasteiger partial charge in [0.05, 0.1) is 4.92 Å². The Labute approximate surface area is 164 Å². The van der Waals surface area contributed by atoms with Gasteiger partial charge in [-0.05, 0) is 36.4 Å². The smallest absolute Gasteiger partial charge is 0.325 e. The summed E-state index contributed by atoms with van der Waals surface area (Å²) in [5, 5.41) is 13.6. The second-order valence-corrected chi connectivity index (χ2v) is 5.97. The highest BCUT2D eigenvalue weighted by atomic mass is 35.5. The van der Waals surface area contributed by atoms with Gasteiger partial charge in [-0.1, -0.05) is 23.2 Å². The molecule has 2 aromatic rings. The highest BCUT2D eigenvalue weighted by Gasteiger charge is 2.16. The van der Waals surface area contributed by atoms with Crippen LogP contribution in [0.5, 0.6) is 5.75 Å². The Balaban J connectivity index is 1.73. The number of esters is 1. The van der Waals surface area contributed by atoms with Gasteiger partial charge in [-0.3, -0.25) is 19.7 Å². The van der Waals surface area contributed by atoms with Crippen molar-refractivity contribution < 1.29 is 24.0 Å². The molecule has 1 N–H and O–H groups in total. The van der Waals surface area contributed by atoms with E-state index in [1.807, 2.05) is 0 Å². The molecule has 0 heterocycles. The van der Waals surface area contributed by atoms with E-state index in [0.717, 1.165) is 6.07 Å². The molecule has 0 fully saturated rings. The minimum Gasteiger partial charge on any atom is -0.490 e. The molecule has 1 amide bonds. The molecule has 0 saturated heterocycles. The van der Waals surface area contributed by atoms with Gasteiger partial charge in [-0.2, -0.15) is 0 Å². The Hall–Kier alpha value is -2.84. The topological polar surface area (TPSA) is 108 Å². The molecule has 0 atom stereocenters. The van der Waals surface area contributed by atoms with Gasteiger partial charge >= 0.3 is 5.97 Å². The second kappa shape index (κ2) is 9.75. The lowest BCUT2D eigenvalue weighted by Gasteiger charge is -2.08. The number of hydrogen-bond donors (Lipinski definition) is 1. The number of carbonyl (C=O) groups excluding carboxylic acids is 2. The first-order valence-electron chi connectivity index (χ1n) is 7.63. The summed E-state index contributed by atoms with van der Waals surface area (Å²) in [6, 6.07) is 10.3. The number of nitro benzene ring substituents is 1. The number of carbonyl (C=O) groups is 2. The van der Waals surface area contributed by atoms with E-state index >= 15 is 0 Å². The van der Waals surface area contributed by atoms with Crippen LogP contribution in [0.1, 0.15) is 10.4 Å². The standard InChI is InChI=1S/C17H14Cl2N2O6/c18-12-2-4-13(5-3-12)26-7-8-27-16(22)10-20-17(23)11-1-6-14(19)15(9-11)21(24)25/h1-6,9H,7-8,10H2,(H,20,23). The van der Waals surface area contributed by atoms with Crippen LogP contribution in [0.25, 0.3) is 0 Å². The summed E-state index contributed by atoms with van der Waals surface area (Å²) in [6.45, 7) is -0.273. The molecule has 8 nitrogen and oxygen atoms in total. The monoisotopic (exact) mass is 412 g/mol. The first kappa shape index (κ1) is 20.5. The van der Waals surface area contributed by atoms with E-state index in [9.17, 15) is 19.7 Å². The number of hydrogen-bond acceptors (Lipinski definition) is 6. The van der Waals surface area contributed by atoms with Crippen LogP contribution in [0.4, 0.5) is 5.69 Å². The maximum Gasteiger partial charge on any atom is 0.325 e. The summed E-state index contributed by atoms with van der Waals surface area (Å²) >= 11 is 11.4. The number of benzene rings is 2. The zero-order chi connectivity index (χ0) is 19.8. The molecule has 0 spiro atoms. The van der Waals surface area contributed by atoms with Crippen LogP contribution in [0, 0.1) is 10.1 Å². The Morgan fingerprint density at radius 2 is 1.78 bits per heavy atom. The van der Waals surface area contributed by atoms with Crippen molar-refractivity contribution in [3.63, 3.8) is 0 Å². The average Bonchev–Trinajstić information content (AvgIpc) is 2.64. The Morgan fingerprint density at radius 1 is 1.07 bits per heavy atom. The van der Waals surface area contributed by atoms with Crippen molar-refractivity contribution in [2.45, 2.75) is 0 Å². The third-order valence-electron chi connectivity index (χ3n) is 3.23. The van der Waals surface area contributed by atoms with Gasteiger partial charge in [0.1, 0.15) is 30.5 Å². The van der Waals surface area contributed by atoms with Crippen LogP contribution >= 0.6 is 23.2 Å². The van der Waals surface area contributed by atoms with Crippen molar-refractivity contribution in [3.8, 4) is 5.75 Å². The second-order valence-electron chi connectivity index (χ2n) is 5.13. The van der Waals surface area contributed by atoms with Crippen LogP contribution in [-0.4, -0.2) is 36.6 Å². The van der Waals surface area contributed by atoms with Crippen LogP contribution in [-0.2, 0) is 9.53 Å². The molecule has 0 saturated carbocycles. The van der Waals surface area contributed by atoms with Crippen LogP contribution in [0.3, 0.4) is 0 Å². The maximum absolute atomic E-state index is 12.0. The molecule has 2 aromatic carbocycles. The Kier molecular flexibility index (Phi) is 7.39. The fourth-order valence-corrected chi connectivity index (χ4v) is 2.26. The van der Waals surface area contributed by atoms with E-state index in [0.29, 0.717) is 10.8 Å². The summed E-state index contributed by atoms with van der Waals surface area (Å²) in [4.78, 5) is 33.7. The number of rotatable bonds is 8. The van der Waals surface area contributed by atoms with Crippen molar-refractivity contribution in [3.05, 3.63) is 68.2 Å². The quantitative estimate of drug-likeness (QED) is 0.308. The van der Waals surface area contributed by atoms with Crippen LogP contribution in [0.2, 0.25) is 10.0 Å². The predicted octanol–water partition coefficient (Wildman–Crippen LogP) is 3.25. The third kappa shape index (κ3) is 6.43. The molecule has 0 radical (unpaired) electrons. The summed E-state index contributed by atoms with van der Waals surface area (Å²) < 4.78 is 10.3. The first-order valence-corrected chi connectivity index (χ1v) is 8.38. The third-order valence-corrected chi connectivity index (χ3v) is 3.80. The average molecular weight is 413 g/mol. The molecule has 0 aliphatic heterocycles. The van der Waals surface area contributed by atoms with Gasteiger partial charge in [-0.15, -0.1) is 0 Å². The van der Waals surface area contributed by atoms with Gasteiger partial charge in [0.15, 0.2) is 0 Å². The maximum atomic E-state index is 12.0. The summed E-state index contributed by atoms with van der Waals surface area (Å²) in [5.41, 5.74) is -0.392. The Morgan fingerprint density at radius 3 is 2.44 bits per heavy atom. The van der Waals surface area contributed by atoms with Gasteiger partial charge < -0.3 is 14.8 Å². The molecule has 0 aliphatic rings. The molecule has 0 aliphatic carbocycles. The highest BCUT2D eigenvalue weighted by molar-refractivity contribution is 6.32. The molecular formula is C17H14Cl2N2O6. The first-order chi connectivity index (χ1) is 12.9. The number of nitrogens with one attached hydrogen (secondary N) is 1. The van der Waals surface area contributed by atoms with E-state index in [1.165, 1.54) is 12.1 Å². The van der Waals surface area contributed by atoms with Crippen molar-refractivity contribution in [1.82, 2.24) is 5.32 Å². The summed E-state index contributed by atoms with van der Waals surface area (Å²) in [5.74, 6) is -0.760. The zero-order valence-corrected chi connectivity index (χ0v) is 15.3. The van der Waals surface area contributed by atoms with E-state index in [2.05, 4.69) is 5.32 Å². The molecular weight excluding hydrogens is 399 g/mol. The zero-order valence-electron chi connectivity index (χ0n) is 13.8. The number of ether oxygens (including phenoxy) is 2. The van der Waals surface area contributed by atoms with Gasteiger partial charge in [0.2, 0.25) is 0 Å². The van der Waals surface area contributed by atoms with E-state index in [4.69, 9.17) is 32.7 Å². The number of halogens is 2. The van der Waals surface area contributed by atoms with Crippen molar-refractivity contribution in [2.75, 3.05) is 19.8 Å². The fourth-order valence-electron chi connectivity index (χ4n) is 1.95. The van der Waals surface area contributed by atoms with E-state index in [-0.39, 0.29) is 23.8 Å². The van der Waals surface area contributed by atoms with Gasteiger partial charge in [0, 0.05) is 16.7 Å². The van der Waals surface area contributed by atoms with E-state index in [1.54, 1.807) is 24.3 Å². The lowest BCUT2D eigenvalue weighted by molar-refractivity contribution is -0.384. The van der Waals surface area contributed by atoms with Crippen molar-refractivity contribution >= 4 is 40.8 Å². The molecule has 2 rings (SSSR count). The number of amides is 1. The normalized spacial score (nSPS) is 10.1. The Bertz CT molecular complexity index is 842. The molecule has 0 unspecified atom stereocenters. The number of nitro groups is 1. The SMILES string of the molecule is O=C(CNC(=O)c1ccc(Cl)c([N+](=O)[O-])c1)OCCOc1ccc(Cl)cc1. The minimum absolute atomic E-state index is 0.00460. The highest BCUT2D eigenvalue weighted by Crippen LogP contribution is 2.24. The molecule has 0 bridgehead atoms. The lowest BCUT2D eigenvalue weighted by atomic mass is 10.2. The van der Waals surface area contributed by atoms with Crippen molar-refractivity contribution in [1.29, 1.82) is 0 Å². The molecule has 0 aromatic heterocycles. The molecule has 10 heteroatoms.